The van der Waals surface area contributed by atoms with Crippen LogP contribution in [0.15, 0.2) is 12.1 Å². The van der Waals surface area contributed by atoms with E-state index in [0.717, 1.165) is 18.6 Å². The van der Waals surface area contributed by atoms with Crippen molar-refractivity contribution in [3.8, 4) is 11.5 Å². The number of unbranched alkanes of at least 4 members (excludes halogenated alkanes) is 2. The van der Waals surface area contributed by atoms with Gasteiger partial charge in [0.1, 0.15) is 0 Å². The SMILES string of the molecule is COc1cc(N)c(C(=O)NCCCCCSC)cc1OC. The number of nitrogens with one attached hydrogen (secondary N) is 1. The van der Waals surface area contributed by atoms with Crippen LogP contribution in [0.4, 0.5) is 5.69 Å². The standard InChI is InChI=1S/C15H24N2O3S/c1-19-13-9-11(12(16)10-14(13)20-2)15(18)17-7-5-4-6-8-21-3/h9-10H,4-8,16H2,1-3H3,(H,17,18). The Bertz CT molecular complexity index is 466. The third-order valence-corrected chi connectivity index (χ3v) is 3.81. The number of carbonyl (C=O) groups excluding carboxylic acids is 1. The highest BCUT2D eigenvalue weighted by molar-refractivity contribution is 7.98. The fraction of sp³-hybridized carbons (Fsp3) is 0.533. The first-order valence-electron chi connectivity index (χ1n) is 6.92. The van der Waals surface area contributed by atoms with Crippen LogP contribution in [0.5, 0.6) is 11.5 Å². The van der Waals surface area contributed by atoms with Gasteiger partial charge >= 0.3 is 0 Å². The second-order valence-electron chi connectivity index (χ2n) is 4.60. The largest absolute Gasteiger partial charge is 0.493 e. The van der Waals surface area contributed by atoms with Crippen LogP contribution in [-0.2, 0) is 0 Å². The highest BCUT2D eigenvalue weighted by atomic mass is 32.2. The maximum Gasteiger partial charge on any atom is 0.253 e. The Balaban J connectivity index is 2.57. The molecule has 0 radical (unpaired) electrons. The molecule has 1 rings (SSSR count). The lowest BCUT2D eigenvalue weighted by molar-refractivity contribution is 0.0953. The second kappa shape index (κ2) is 9.39. The fourth-order valence-electron chi connectivity index (χ4n) is 1.94. The van der Waals surface area contributed by atoms with Gasteiger partial charge in [0, 0.05) is 18.3 Å². The van der Waals surface area contributed by atoms with Gasteiger partial charge in [-0.1, -0.05) is 6.42 Å². The van der Waals surface area contributed by atoms with E-state index >= 15 is 0 Å². The van der Waals surface area contributed by atoms with Gasteiger partial charge in [-0.05, 0) is 30.9 Å². The van der Waals surface area contributed by atoms with E-state index in [1.165, 1.54) is 20.6 Å². The fourth-order valence-corrected chi connectivity index (χ4v) is 2.43. The van der Waals surface area contributed by atoms with Gasteiger partial charge < -0.3 is 20.5 Å². The van der Waals surface area contributed by atoms with Crippen molar-refractivity contribution in [3.63, 3.8) is 0 Å². The molecule has 0 fully saturated rings. The highest BCUT2D eigenvalue weighted by Gasteiger charge is 2.14. The third-order valence-electron chi connectivity index (χ3n) is 3.11. The summed E-state index contributed by atoms with van der Waals surface area (Å²) in [5, 5.41) is 2.88. The van der Waals surface area contributed by atoms with Gasteiger partial charge in [0.05, 0.1) is 19.8 Å². The Kier molecular flexibility index (Phi) is 7.82. The van der Waals surface area contributed by atoms with Crippen molar-refractivity contribution >= 4 is 23.4 Å². The number of thioether (sulfide) groups is 1. The van der Waals surface area contributed by atoms with Gasteiger partial charge in [-0.25, -0.2) is 0 Å². The first-order valence-corrected chi connectivity index (χ1v) is 8.32. The summed E-state index contributed by atoms with van der Waals surface area (Å²) >= 11 is 1.84. The van der Waals surface area contributed by atoms with Crippen molar-refractivity contribution in [1.82, 2.24) is 5.32 Å². The molecule has 21 heavy (non-hydrogen) atoms. The molecule has 5 nitrogen and oxygen atoms in total. The Hall–Kier alpha value is -1.56. The minimum Gasteiger partial charge on any atom is -0.493 e. The van der Waals surface area contributed by atoms with E-state index < -0.39 is 0 Å². The number of anilines is 1. The van der Waals surface area contributed by atoms with Crippen LogP contribution in [0.1, 0.15) is 29.6 Å². The number of benzene rings is 1. The van der Waals surface area contributed by atoms with Gasteiger partial charge in [-0.15, -0.1) is 0 Å². The number of hydrogen-bond donors (Lipinski definition) is 2. The summed E-state index contributed by atoms with van der Waals surface area (Å²) < 4.78 is 10.3. The number of rotatable bonds is 9. The molecule has 0 aliphatic heterocycles. The number of methoxy groups -OCH3 is 2. The number of nitrogen functional groups attached to an aromatic ring is 1. The van der Waals surface area contributed by atoms with E-state index in [1.54, 1.807) is 12.1 Å². The van der Waals surface area contributed by atoms with Crippen molar-refractivity contribution in [1.29, 1.82) is 0 Å². The smallest absolute Gasteiger partial charge is 0.253 e. The van der Waals surface area contributed by atoms with Gasteiger partial charge in [0.2, 0.25) is 0 Å². The molecule has 0 spiro atoms. The molecule has 118 valence electrons. The van der Waals surface area contributed by atoms with E-state index in [4.69, 9.17) is 15.2 Å². The number of ether oxygens (including phenoxy) is 2. The van der Waals surface area contributed by atoms with Crippen LogP contribution in [0.2, 0.25) is 0 Å². The predicted octanol–water partition coefficient (Wildman–Crippen LogP) is 2.55. The average molecular weight is 312 g/mol. The molecule has 3 N–H and O–H groups in total. The Morgan fingerprint density at radius 2 is 1.86 bits per heavy atom. The molecule has 0 saturated carbocycles. The Morgan fingerprint density at radius 3 is 2.48 bits per heavy atom. The van der Waals surface area contributed by atoms with Crippen LogP contribution >= 0.6 is 11.8 Å². The number of amides is 1. The van der Waals surface area contributed by atoms with Crippen molar-refractivity contribution in [2.24, 2.45) is 0 Å². The lowest BCUT2D eigenvalue weighted by Crippen LogP contribution is -2.25. The zero-order chi connectivity index (χ0) is 15.7. The molecule has 0 saturated heterocycles. The molecule has 0 aliphatic rings. The maximum absolute atomic E-state index is 12.1. The van der Waals surface area contributed by atoms with E-state index in [0.29, 0.717) is 29.3 Å². The second-order valence-corrected chi connectivity index (χ2v) is 5.59. The van der Waals surface area contributed by atoms with Crippen molar-refractivity contribution in [2.75, 3.05) is 38.5 Å². The Labute approximate surface area is 130 Å². The molecule has 0 bridgehead atoms. The quantitative estimate of drug-likeness (QED) is 0.541. The van der Waals surface area contributed by atoms with Crippen LogP contribution in [-0.4, -0.2) is 38.7 Å². The summed E-state index contributed by atoms with van der Waals surface area (Å²) in [6.45, 7) is 0.654. The normalized spacial score (nSPS) is 10.2. The number of nitrogens with two attached hydrogens (primary N) is 1. The summed E-state index contributed by atoms with van der Waals surface area (Å²) in [4.78, 5) is 12.1. The minimum absolute atomic E-state index is 0.182. The van der Waals surface area contributed by atoms with Crippen LogP contribution in [0, 0.1) is 0 Å². The molecule has 0 atom stereocenters. The summed E-state index contributed by atoms with van der Waals surface area (Å²) in [5.41, 5.74) is 6.69. The van der Waals surface area contributed by atoms with Crippen molar-refractivity contribution in [2.45, 2.75) is 19.3 Å². The molecule has 0 aromatic heterocycles. The van der Waals surface area contributed by atoms with Crippen LogP contribution < -0.4 is 20.5 Å². The van der Waals surface area contributed by atoms with Crippen molar-refractivity contribution < 1.29 is 14.3 Å². The van der Waals surface area contributed by atoms with Gasteiger partial charge in [0.15, 0.2) is 11.5 Å². The van der Waals surface area contributed by atoms with E-state index in [1.807, 2.05) is 11.8 Å². The highest BCUT2D eigenvalue weighted by Crippen LogP contribution is 2.31. The minimum atomic E-state index is -0.182. The molecule has 6 heteroatoms. The first kappa shape index (κ1) is 17.5. The molecule has 0 unspecified atom stereocenters. The average Bonchev–Trinajstić information content (AvgIpc) is 2.50. The van der Waals surface area contributed by atoms with Crippen LogP contribution in [0.25, 0.3) is 0 Å². The van der Waals surface area contributed by atoms with E-state index in [2.05, 4.69) is 11.6 Å². The van der Waals surface area contributed by atoms with Gasteiger partial charge in [0.25, 0.3) is 5.91 Å². The van der Waals surface area contributed by atoms with E-state index in [-0.39, 0.29) is 5.91 Å². The lowest BCUT2D eigenvalue weighted by Gasteiger charge is -2.12. The molecule has 0 heterocycles. The third kappa shape index (κ3) is 5.38. The molecule has 1 amide bonds. The summed E-state index contributed by atoms with van der Waals surface area (Å²) in [7, 11) is 3.06. The molecular formula is C15H24N2O3S. The summed E-state index contributed by atoms with van der Waals surface area (Å²) in [6.07, 6.45) is 5.36. The zero-order valence-electron chi connectivity index (χ0n) is 12.9. The lowest BCUT2D eigenvalue weighted by atomic mass is 10.1. The maximum atomic E-state index is 12.1. The molecule has 1 aromatic carbocycles. The van der Waals surface area contributed by atoms with Crippen molar-refractivity contribution in [3.05, 3.63) is 17.7 Å². The van der Waals surface area contributed by atoms with Gasteiger partial charge in [-0.2, -0.15) is 11.8 Å². The monoisotopic (exact) mass is 312 g/mol. The molecule has 0 aliphatic carbocycles. The van der Waals surface area contributed by atoms with Gasteiger partial charge in [-0.3, -0.25) is 4.79 Å². The predicted molar refractivity (Wildman–Crippen MR) is 88.5 cm³/mol. The molecule has 1 aromatic rings. The first-order chi connectivity index (χ1) is 10.1. The number of hydrogen-bond acceptors (Lipinski definition) is 5. The van der Waals surface area contributed by atoms with Crippen LogP contribution in [0.3, 0.4) is 0 Å². The summed E-state index contributed by atoms with van der Waals surface area (Å²) in [5.74, 6) is 2.00. The number of carbonyl (C=O) groups is 1. The van der Waals surface area contributed by atoms with E-state index in [9.17, 15) is 4.79 Å². The summed E-state index contributed by atoms with van der Waals surface area (Å²) in [6, 6.07) is 3.21. The Morgan fingerprint density at radius 1 is 1.19 bits per heavy atom. The molecular weight excluding hydrogens is 288 g/mol. The zero-order valence-corrected chi connectivity index (χ0v) is 13.7. The topological polar surface area (TPSA) is 73.6 Å².